The van der Waals surface area contributed by atoms with Crippen molar-refractivity contribution in [3.63, 3.8) is 0 Å². The summed E-state index contributed by atoms with van der Waals surface area (Å²) in [6.07, 6.45) is 0.250. The molecule has 2 amide bonds. The number of phenolic OH excluding ortho intramolecular Hbond substituents is 2. The molecule has 40 nitrogen and oxygen atoms in total. The van der Waals surface area contributed by atoms with E-state index in [0.29, 0.717) is 0 Å². The third-order valence-electron chi connectivity index (χ3n) is 8.63. The first kappa shape index (κ1) is 105. The van der Waals surface area contributed by atoms with Gasteiger partial charge in [0.15, 0.2) is 39.4 Å². The number of nitrogens with zero attached hydrogens (tertiary/aromatic N) is 4. The van der Waals surface area contributed by atoms with Gasteiger partial charge in [0.25, 0.3) is 16.6 Å². The van der Waals surface area contributed by atoms with Crippen molar-refractivity contribution in [1.82, 2.24) is 0 Å². The average molecular weight is 1530 g/mol. The topological polar surface area (TPSA) is 574 Å². The molecule has 0 spiro atoms. The van der Waals surface area contributed by atoms with E-state index < -0.39 is 79.7 Å². The van der Waals surface area contributed by atoms with Crippen molar-refractivity contribution in [2.75, 3.05) is 10.6 Å². The Kier molecular flexibility index (Phi) is 60.9. The van der Waals surface area contributed by atoms with Crippen LogP contribution in [-0.4, -0.2) is 197 Å². The first-order chi connectivity index (χ1) is 40.1. The third kappa shape index (κ3) is 36.8. The molecule has 0 saturated heterocycles. The molecule has 6 rings (SSSR count). The number of hydrogen-bond acceptors (Lipinski definition) is 40. The number of thiol groups is 5. The fourth-order valence-electron chi connectivity index (χ4n) is 5.88. The van der Waals surface area contributed by atoms with Crippen molar-refractivity contribution in [2.24, 2.45) is 10.2 Å². The average Bonchev–Trinajstić information content (AvgIpc) is 0.800. The zero-order chi connectivity index (χ0) is 64.1. The number of aromatic hydroxyl groups is 2. The van der Waals surface area contributed by atoms with Crippen LogP contribution in [0, 0.1) is 5.39 Å². The van der Waals surface area contributed by atoms with Crippen LogP contribution in [0.1, 0.15) is 21.3 Å². The molecule has 0 unspecified atom stereocenters. The Morgan fingerprint density at radius 1 is 0.613 bits per heavy atom. The van der Waals surface area contributed by atoms with Gasteiger partial charge >= 0.3 is 71.0 Å². The Morgan fingerprint density at radius 3 is 1.47 bits per heavy atom. The van der Waals surface area contributed by atoms with Gasteiger partial charge in [0.05, 0.1) is 27.2 Å². The van der Waals surface area contributed by atoms with Gasteiger partial charge < -0.3 is 70.0 Å². The number of hydrogen-bond donors (Lipinski definition) is 10. The first-order valence-electron chi connectivity index (χ1n) is 20.2. The van der Waals surface area contributed by atoms with Crippen molar-refractivity contribution < 1.29 is 219 Å². The van der Waals surface area contributed by atoms with Crippen LogP contribution in [0.15, 0.2) is 104 Å². The summed E-state index contributed by atoms with van der Waals surface area (Å²) in [6, 6.07) is 14.2. The van der Waals surface area contributed by atoms with E-state index in [-0.39, 0.29) is 270 Å². The number of benzene rings is 6. The molecule has 0 aromatic heterocycles. The zero-order valence-corrected chi connectivity index (χ0v) is 66.3. The Balaban J connectivity index is -0.000000235. The predicted octanol–water partition coefficient (Wildman–Crippen LogP) is -2.77. The maximum atomic E-state index is 11.8. The molecule has 0 bridgehead atoms. The van der Waals surface area contributed by atoms with Gasteiger partial charge in [-0.05, 0) is 96.6 Å². The monoisotopic (exact) mass is 1530 g/mol. The maximum Gasteiger partial charge on any atom is 1.00 e. The van der Waals surface area contributed by atoms with Crippen molar-refractivity contribution in [2.45, 2.75) is 36.0 Å². The van der Waals surface area contributed by atoms with Crippen LogP contribution >= 0.6 is 64.5 Å². The second-order valence-corrected chi connectivity index (χ2v) is 18.8. The van der Waals surface area contributed by atoms with E-state index in [1.165, 1.54) is 31.2 Å². The van der Waals surface area contributed by atoms with E-state index in [0.717, 1.165) is 61.5 Å². The normalized spacial score (nSPS) is 9.87. The van der Waals surface area contributed by atoms with E-state index in [2.05, 4.69) is 152 Å². The molecular formula is C39H36N6Na6O34S8. The van der Waals surface area contributed by atoms with E-state index in [4.69, 9.17) is 39.7 Å². The van der Waals surface area contributed by atoms with Gasteiger partial charge in [-0.2, -0.15) is 18.0 Å². The van der Waals surface area contributed by atoms with Gasteiger partial charge in [-0.15, -0.1) is 31.9 Å². The van der Waals surface area contributed by atoms with Gasteiger partial charge in [-0.25, -0.2) is 16.8 Å². The smallest absolute Gasteiger partial charge is 0.744 e. The number of carbonyl (C=O) groups is 3. The summed E-state index contributed by atoms with van der Waals surface area (Å²) >= 11 is 16.6. The first-order valence-corrected chi connectivity index (χ1v) is 26.3. The minimum Gasteiger partial charge on any atom is -0.744 e. The van der Waals surface area contributed by atoms with Crippen molar-refractivity contribution in [3.05, 3.63) is 83.8 Å². The summed E-state index contributed by atoms with van der Waals surface area (Å²) in [5, 5.41) is 71.7. The second kappa shape index (κ2) is 54.1. The van der Waals surface area contributed by atoms with E-state index in [1.807, 2.05) is 0 Å². The molecular weight excluding hydrogens is 1490 g/mol. The molecule has 7 N–H and O–H groups in total. The van der Waals surface area contributed by atoms with Crippen molar-refractivity contribution in [3.8, 4) is 40.2 Å². The molecule has 0 saturated carbocycles. The zero-order valence-electron chi connectivity index (χ0n) is 47.4. The van der Waals surface area contributed by atoms with Gasteiger partial charge in [-0.1, -0.05) is 7.43 Å². The van der Waals surface area contributed by atoms with Gasteiger partial charge in [0.1, 0.15) is 36.6 Å². The molecule has 6 aromatic rings. The standard InChI is InChI=1S/C18H15N3O14S4.C12H11NO8S2.C6H4N2O6S2.CH2O3.CO2.CH4.6Na.H2O/c1-8(22)19-13-7-11(39(24,25)26)4-9-5-15(29-32-35-38)17(18(23)16(9)13)21-20-12-6-10(27-30-33-36)2-3-14(12)28-31-34-37;1-6(14)13-10-5-9(23(16,17)18)3-7-2-8(19-20-21-22)4-11(15)12(7)10;7-8-5-3-4(12-13-14-15)1-2-6(5)16(9,10)11;2-1-4-3;2-1-3;;;;;;;;/h2-7,23,36-38H,1H3,(H,19,22)(H,24,25,26);2-5,15,22H,1H3,(H,13,14)(H,16,17,18);1-3H,(H-,9,10,11,15);1,3H;;1H4;;;;;;;1H2/q;;;;;;;;;;2*+1;/p-2. The van der Waals surface area contributed by atoms with Crippen molar-refractivity contribution in [1.29, 1.82) is 5.39 Å². The molecule has 0 atom stereocenters. The minimum atomic E-state index is -4.99. The number of anilines is 2. The number of nitrogens with one attached hydrogen (secondary N) is 2. The number of amides is 2. The molecule has 480 valence electrons. The quantitative estimate of drug-likeness (QED) is 0.00357. The van der Waals surface area contributed by atoms with Crippen LogP contribution in [0.25, 0.3) is 26.5 Å². The van der Waals surface area contributed by atoms with Crippen LogP contribution < -0.4 is 99.4 Å². The largest absolute Gasteiger partial charge is 1.00 e. The molecule has 93 heavy (non-hydrogen) atoms. The summed E-state index contributed by atoms with van der Waals surface area (Å²) in [5.41, 5.74) is -1.31. The number of carbonyl (C=O) groups excluding carboxylic acids is 5. The fraction of sp³-hybridized carbons (Fsp3) is 0.0769. The Hall–Kier alpha value is -1.75. The Morgan fingerprint density at radius 2 is 1.03 bits per heavy atom. The molecule has 0 fully saturated rings. The van der Waals surface area contributed by atoms with E-state index in [1.54, 1.807) is 0 Å². The predicted molar refractivity (Wildman–Crippen MR) is 312 cm³/mol. The van der Waals surface area contributed by atoms with E-state index in [9.17, 15) is 58.7 Å². The van der Waals surface area contributed by atoms with Crippen LogP contribution in [-0.2, 0) is 106 Å². The number of azo groups is 1. The maximum absolute atomic E-state index is 11.8. The SMILES string of the molecule is C.CC(=O)Nc1cc(S(=O)(=O)O)cc2cc(OOOS)cc(O)c12.CC(=O)Nc1cc(S(=O)(=O)[O-])cc2cc(OOOS)c(N=Nc3cc(OOOS)ccc3OOOS)c(O)c12.N#[N+]c1cc(OOOS)ccc1S(=O)(=O)[O-].O.O=C=O.O=CO[O-].[Na+].[Na+].[Na].[Na].[Na].[Na]. The molecule has 0 heterocycles. The van der Waals surface area contributed by atoms with Crippen LogP contribution in [0.4, 0.5) is 28.4 Å². The molecule has 0 aliphatic rings. The van der Waals surface area contributed by atoms with E-state index >= 15 is 0 Å². The molecule has 4 radical (unpaired) electrons. The second-order valence-electron chi connectivity index (χ2n) is 13.9. The summed E-state index contributed by atoms with van der Waals surface area (Å²) in [6.45, 7) is 2.14. The number of fused-ring (bicyclic) bond motifs is 2. The number of rotatable bonds is 23. The number of diazo groups is 1. The van der Waals surface area contributed by atoms with Crippen LogP contribution in [0.5, 0.6) is 40.2 Å². The fourth-order valence-corrected chi connectivity index (χ4v) is 7.70. The summed E-state index contributed by atoms with van der Waals surface area (Å²) in [5.74, 6) is -2.79. The van der Waals surface area contributed by atoms with Gasteiger partial charge in [0, 0.05) is 220 Å². The summed E-state index contributed by atoms with van der Waals surface area (Å²) < 4.78 is 119. The molecule has 0 aliphatic heterocycles. The van der Waals surface area contributed by atoms with Gasteiger partial charge in [0.2, 0.25) is 23.0 Å². The minimum absolute atomic E-state index is 0. The van der Waals surface area contributed by atoms with Gasteiger partial charge in [-0.3, -0.25) is 18.9 Å². The molecule has 54 heteroatoms. The Labute approximate surface area is 683 Å². The molecule has 6 aromatic carbocycles. The molecule has 0 aliphatic carbocycles. The van der Waals surface area contributed by atoms with Crippen LogP contribution in [0.2, 0.25) is 0 Å². The van der Waals surface area contributed by atoms with Crippen LogP contribution in [0.3, 0.4) is 0 Å². The van der Waals surface area contributed by atoms with Crippen molar-refractivity contribution >= 4 is 288 Å². The third-order valence-corrected chi connectivity index (χ3v) is 11.5. The Bertz CT molecular complexity index is 3800. The number of phenols is 2. The summed E-state index contributed by atoms with van der Waals surface area (Å²) in [4.78, 5) is 74.8. The summed E-state index contributed by atoms with van der Waals surface area (Å²) in [7, 11) is -14.3.